The Morgan fingerprint density at radius 3 is 2.50 bits per heavy atom. The van der Waals surface area contributed by atoms with E-state index in [9.17, 15) is 0 Å². The lowest BCUT2D eigenvalue weighted by atomic mass is 10.1. The largest absolute Gasteiger partial charge is 0.327 e. The third-order valence-corrected chi connectivity index (χ3v) is 2.12. The fourth-order valence-electron chi connectivity index (χ4n) is 1.13. The van der Waals surface area contributed by atoms with Crippen molar-refractivity contribution in [1.82, 2.24) is 5.32 Å². The molecule has 1 rings (SSSR count). The van der Waals surface area contributed by atoms with Crippen molar-refractivity contribution in [2.75, 3.05) is 7.05 Å². The van der Waals surface area contributed by atoms with Crippen molar-refractivity contribution < 1.29 is 0 Å². The maximum Gasteiger partial charge on any atom is 0.0558 e. The Morgan fingerprint density at radius 1 is 1.50 bits per heavy atom. The summed E-state index contributed by atoms with van der Waals surface area (Å²) < 4.78 is 0. The van der Waals surface area contributed by atoms with Gasteiger partial charge in [0.2, 0.25) is 0 Å². The summed E-state index contributed by atoms with van der Waals surface area (Å²) >= 11 is 0. The Kier molecular flexibility index (Phi) is 2.65. The molecule has 1 fully saturated rings. The molecule has 0 aromatic rings. The molecule has 10 heavy (non-hydrogen) atoms. The highest BCUT2D eigenvalue weighted by Gasteiger charge is 2.28. The van der Waals surface area contributed by atoms with Crippen LogP contribution in [0.1, 0.15) is 19.3 Å². The highest BCUT2D eigenvalue weighted by molar-refractivity contribution is 4.85. The first kappa shape index (κ1) is 7.98. The molecule has 0 aromatic carbocycles. The van der Waals surface area contributed by atoms with Gasteiger partial charge in [0.15, 0.2) is 0 Å². The van der Waals surface area contributed by atoms with Crippen molar-refractivity contribution in [2.45, 2.75) is 31.5 Å². The highest BCUT2D eigenvalue weighted by Crippen LogP contribution is 2.32. The number of nitrogens with one attached hydrogen (secondary N) is 1. The first-order valence-corrected chi connectivity index (χ1v) is 3.92. The summed E-state index contributed by atoms with van der Waals surface area (Å²) in [5, 5.41) is 2.98. The van der Waals surface area contributed by atoms with Gasteiger partial charge in [-0.2, -0.15) is 0 Å². The van der Waals surface area contributed by atoms with E-state index in [1.54, 1.807) is 0 Å². The van der Waals surface area contributed by atoms with Gasteiger partial charge >= 0.3 is 0 Å². The predicted octanol–water partition coefficient (Wildman–Crippen LogP) is -0.382. The Morgan fingerprint density at radius 2 is 2.10 bits per heavy atom. The van der Waals surface area contributed by atoms with E-state index in [-0.39, 0.29) is 6.17 Å². The van der Waals surface area contributed by atoms with E-state index in [1.807, 2.05) is 7.05 Å². The van der Waals surface area contributed by atoms with E-state index >= 15 is 0 Å². The number of nitrogens with two attached hydrogens (primary N) is 2. The molecule has 60 valence electrons. The molecule has 1 aliphatic rings. The standard InChI is InChI=1S/C7H17N3/c1-10-7(9)4-6(8)5-2-3-5/h5-7,10H,2-4,8-9H2,1H3/t6-,7?/m0/s1. The minimum Gasteiger partial charge on any atom is -0.327 e. The zero-order valence-electron chi connectivity index (χ0n) is 6.51. The molecule has 2 atom stereocenters. The second-order valence-electron chi connectivity index (χ2n) is 3.13. The monoisotopic (exact) mass is 143 g/mol. The maximum absolute atomic E-state index is 5.84. The molecule has 0 heterocycles. The second-order valence-corrected chi connectivity index (χ2v) is 3.13. The van der Waals surface area contributed by atoms with Gasteiger partial charge in [-0.3, -0.25) is 0 Å². The maximum atomic E-state index is 5.84. The van der Waals surface area contributed by atoms with Crippen LogP contribution in [0.5, 0.6) is 0 Å². The lowest BCUT2D eigenvalue weighted by Gasteiger charge is -2.15. The molecule has 1 unspecified atom stereocenters. The fourth-order valence-corrected chi connectivity index (χ4v) is 1.13. The molecular weight excluding hydrogens is 126 g/mol. The zero-order valence-corrected chi connectivity index (χ0v) is 6.51. The van der Waals surface area contributed by atoms with Gasteiger partial charge in [0, 0.05) is 6.04 Å². The summed E-state index contributed by atoms with van der Waals surface area (Å²) in [7, 11) is 1.87. The van der Waals surface area contributed by atoms with Crippen molar-refractivity contribution in [3.8, 4) is 0 Å². The van der Waals surface area contributed by atoms with Gasteiger partial charge in [0.05, 0.1) is 6.17 Å². The van der Waals surface area contributed by atoms with Gasteiger partial charge in [-0.05, 0) is 32.2 Å². The summed E-state index contributed by atoms with van der Waals surface area (Å²) in [5.41, 5.74) is 11.5. The van der Waals surface area contributed by atoms with Gasteiger partial charge in [-0.1, -0.05) is 0 Å². The molecule has 0 aromatic heterocycles. The van der Waals surface area contributed by atoms with Gasteiger partial charge in [-0.15, -0.1) is 0 Å². The molecule has 1 saturated carbocycles. The van der Waals surface area contributed by atoms with Crippen LogP contribution in [0.25, 0.3) is 0 Å². The molecule has 0 radical (unpaired) electrons. The summed E-state index contributed by atoms with van der Waals surface area (Å²) in [4.78, 5) is 0. The predicted molar refractivity (Wildman–Crippen MR) is 42.4 cm³/mol. The molecule has 5 N–H and O–H groups in total. The van der Waals surface area contributed by atoms with Crippen LogP contribution in [-0.4, -0.2) is 19.3 Å². The Hall–Kier alpha value is -0.120. The van der Waals surface area contributed by atoms with Gasteiger partial charge in [0.1, 0.15) is 0 Å². The van der Waals surface area contributed by atoms with Gasteiger partial charge in [-0.25, -0.2) is 0 Å². The van der Waals surface area contributed by atoms with Crippen LogP contribution in [0.3, 0.4) is 0 Å². The fraction of sp³-hybridized carbons (Fsp3) is 1.00. The summed E-state index contributed by atoms with van der Waals surface area (Å²) in [6.45, 7) is 0. The summed E-state index contributed by atoms with van der Waals surface area (Å²) in [5.74, 6) is 0.763. The van der Waals surface area contributed by atoms with E-state index in [4.69, 9.17) is 11.5 Å². The van der Waals surface area contributed by atoms with Crippen molar-refractivity contribution in [1.29, 1.82) is 0 Å². The lowest BCUT2D eigenvalue weighted by Crippen LogP contribution is -2.40. The first-order valence-electron chi connectivity index (χ1n) is 3.92. The Labute approximate surface area is 62.2 Å². The van der Waals surface area contributed by atoms with E-state index in [0.29, 0.717) is 6.04 Å². The van der Waals surface area contributed by atoms with E-state index in [1.165, 1.54) is 12.8 Å². The zero-order chi connectivity index (χ0) is 7.56. The lowest BCUT2D eigenvalue weighted by molar-refractivity contribution is 0.447. The molecule has 0 spiro atoms. The Balaban J connectivity index is 2.10. The van der Waals surface area contributed by atoms with Crippen molar-refractivity contribution in [3.63, 3.8) is 0 Å². The molecule has 0 saturated heterocycles. The van der Waals surface area contributed by atoms with Crippen molar-refractivity contribution >= 4 is 0 Å². The molecule has 0 amide bonds. The third kappa shape index (κ3) is 2.25. The van der Waals surface area contributed by atoms with Crippen LogP contribution < -0.4 is 16.8 Å². The van der Waals surface area contributed by atoms with E-state index in [0.717, 1.165) is 12.3 Å². The quantitative estimate of drug-likeness (QED) is 0.470. The molecular formula is C7H17N3. The van der Waals surface area contributed by atoms with Crippen LogP contribution in [0.4, 0.5) is 0 Å². The van der Waals surface area contributed by atoms with Crippen LogP contribution in [-0.2, 0) is 0 Å². The normalized spacial score (nSPS) is 24.3. The van der Waals surface area contributed by atoms with Crippen molar-refractivity contribution in [3.05, 3.63) is 0 Å². The van der Waals surface area contributed by atoms with E-state index in [2.05, 4.69) is 5.32 Å². The average molecular weight is 143 g/mol. The number of rotatable bonds is 4. The average Bonchev–Trinajstić information content (AvgIpc) is 2.68. The number of hydrogen-bond acceptors (Lipinski definition) is 3. The van der Waals surface area contributed by atoms with Gasteiger partial charge < -0.3 is 16.8 Å². The minimum absolute atomic E-state index is 0.0793. The molecule has 3 heteroatoms. The highest BCUT2D eigenvalue weighted by atomic mass is 15.0. The van der Waals surface area contributed by atoms with Crippen LogP contribution in [0, 0.1) is 5.92 Å². The SMILES string of the molecule is CNC(N)C[C@H](N)C1CC1. The molecule has 0 aliphatic heterocycles. The third-order valence-electron chi connectivity index (χ3n) is 2.12. The summed E-state index contributed by atoms with van der Waals surface area (Å²) in [6, 6.07) is 0.322. The van der Waals surface area contributed by atoms with Crippen LogP contribution in [0.2, 0.25) is 0 Å². The molecule has 0 bridgehead atoms. The minimum atomic E-state index is 0.0793. The van der Waals surface area contributed by atoms with E-state index < -0.39 is 0 Å². The first-order chi connectivity index (χ1) is 4.74. The smallest absolute Gasteiger partial charge is 0.0558 e. The number of hydrogen-bond donors (Lipinski definition) is 3. The molecule has 3 nitrogen and oxygen atoms in total. The second kappa shape index (κ2) is 3.32. The van der Waals surface area contributed by atoms with Crippen LogP contribution in [0.15, 0.2) is 0 Å². The van der Waals surface area contributed by atoms with Crippen LogP contribution >= 0.6 is 0 Å². The Bertz CT molecular complexity index is 101. The van der Waals surface area contributed by atoms with Gasteiger partial charge in [0.25, 0.3) is 0 Å². The van der Waals surface area contributed by atoms with Crippen molar-refractivity contribution in [2.24, 2.45) is 17.4 Å². The summed E-state index contributed by atoms with van der Waals surface area (Å²) in [6.07, 6.45) is 3.59. The molecule has 1 aliphatic carbocycles. The topological polar surface area (TPSA) is 64.1 Å².